The normalized spacial score (nSPS) is 15.0. The van der Waals surface area contributed by atoms with Crippen molar-refractivity contribution in [1.29, 1.82) is 0 Å². The van der Waals surface area contributed by atoms with Crippen molar-refractivity contribution in [2.75, 3.05) is 13.2 Å². The molecule has 0 fully saturated rings. The van der Waals surface area contributed by atoms with E-state index in [-0.39, 0.29) is 56.3 Å². The highest BCUT2D eigenvalue weighted by atomic mass is 32.1. The van der Waals surface area contributed by atoms with Crippen LogP contribution in [0.5, 0.6) is 0 Å². The number of fused-ring (bicyclic) bond motifs is 1. The summed E-state index contributed by atoms with van der Waals surface area (Å²) in [5.41, 5.74) is 5.34. The fourth-order valence-electron chi connectivity index (χ4n) is 4.29. The summed E-state index contributed by atoms with van der Waals surface area (Å²) < 4.78 is 11.6. The summed E-state index contributed by atoms with van der Waals surface area (Å²) in [6, 6.07) is 10.9. The van der Waals surface area contributed by atoms with Crippen molar-refractivity contribution in [2.24, 2.45) is 5.73 Å². The van der Waals surface area contributed by atoms with E-state index in [4.69, 9.17) is 15.2 Å². The number of thiazole rings is 1. The van der Waals surface area contributed by atoms with Crippen LogP contribution < -0.4 is 20.5 Å². The fraction of sp³-hybridized carbons (Fsp3) is 0.192. The highest BCUT2D eigenvalue weighted by molar-refractivity contribution is 7.07. The van der Waals surface area contributed by atoms with Crippen LogP contribution >= 0.6 is 11.3 Å². The van der Waals surface area contributed by atoms with E-state index in [0.29, 0.717) is 5.56 Å². The molecular formula is C26H22N4O9S. The molecule has 13 nitrogen and oxygen atoms in total. The maximum Gasteiger partial charge on any atom is 0.338 e. The number of nitrogens with zero attached hydrogens (tertiary/aromatic N) is 3. The molecule has 1 aliphatic rings. The maximum absolute atomic E-state index is 13.6. The zero-order chi connectivity index (χ0) is 29.1. The van der Waals surface area contributed by atoms with Gasteiger partial charge in [-0.1, -0.05) is 24.3 Å². The molecule has 0 saturated heterocycles. The number of hydrogen-bond acceptors (Lipinski definition) is 11. The second kappa shape index (κ2) is 11.3. The molecule has 0 saturated carbocycles. The number of hydrogen-bond donors (Lipinski definition) is 1. The van der Waals surface area contributed by atoms with E-state index >= 15 is 0 Å². The number of benzene rings is 2. The van der Waals surface area contributed by atoms with Gasteiger partial charge in [-0.05, 0) is 31.1 Å². The number of aromatic nitrogens is 1. The number of nitrogens with two attached hydrogens (primary N) is 1. The number of carbonyl (C=O) groups excluding carboxylic acids is 2. The standard InChI is InChI=1S/C26H22N4O9S/c1-3-38-25(32)20-19(15-8-6-10-17(13-15)30(36)37)21(26(33)39-4-2)24-28(22(20)27)23(31)18(40-24)12-14-7-5-9-16(11-14)29(34)35/h5-13,19H,3-4,27H2,1-2H3. The first-order valence-electron chi connectivity index (χ1n) is 11.9. The van der Waals surface area contributed by atoms with E-state index in [0.717, 1.165) is 15.9 Å². The number of nitro benzene ring substituents is 2. The van der Waals surface area contributed by atoms with Gasteiger partial charge in [0.15, 0.2) is 0 Å². The van der Waals surface area contributed by atoms with Crippen LogP contribution in [-0.4, -0.2) is 39.6 Å². The third-order valence-corrected chi connectivity index (χ3v) is 7.04. The zero-order valence-corrected chi connectivity index (χ0v) is 22.0. The van der Waals surface area contributed by atoms with E-state index in [9.17, 15) is 34.6 Å². The molecule has 14 heteroatoms. The number of esters is 2. The van der Waals surface area contributed by atoms with Crippen molar-refractivity contribution in [3.05, 3.63) is 105 Å². The molecule has 1 aliphatic heterocycles. The molecule has 2 heterocycles. The molecule has 1 aromatic heterocycles. The van der Waals surface area contributed by atoms with Crippen LogP contribution in [0.3, 0.4) is 0 Å². The molecule has 1 unspecified atom stereocenters. The number of carbonyl (C=O) groups is 2. The van der Waals surface area contributed by atoms with Crippen molar-refractivity contribution in [3.63, 3.8) is 0 Å². The third kappa shape index (κ3) is 5.11. The number of nitro groups is 2. The first kappa shape index (κ1) is 27.9. The predicted octanol–water partition coefficient (Wildman–Crippen LogP) is 1.76. The molecule has 0 amide bonds. The Bertz CT molecular complexity index is 1770. The van der Waals surface area contributed by atoms with Gasteiger partial charge in [-0.25, -0.2) is 9.59 Å². The van der Waals surface area contributed by atoms with Gasteiger partial charge in [0.25, 0.3) is 16.9 Å². The van der Waals surface area contributed by atoms with Gasteiger partial charge < -0.3 is 15.2 Å². The second-order valence-corrected chi connectivity index (χ2v) is 9.38. The van der Waals surface area contributed by atoms with Gasteiger partial charge in [-0.15, -0.1) is 11.3 Å². The van der Waals surface area contributed by atoms with Crippen LogP contribution in [-0.2, 0) is 19.1 Å². The summed E-state index contributed by atoms with van der Waals surface area (Å²) in [5, 5.41) is 22.7. The van der Waals surface area contributed by atoms with E-state index in [1.807, 2.05) is 0 Å². The Labute approximate surface area is 229 Å². The van der Waals surface area contributed by atoms with E-state index < -0.39 is 33.3 Å². The van der Waals surface area contributed by atoms with E-state index in [1.165, 1.54) is 48.5 Å². The molecular weight excluding hydrogens is 544 g/mol. The quantitative estimate of drug-likeness (QED) is 0.239. The van der Waals surface area contributed by atoms with Gasteiger partial charge in [0.2, 0.25) is 0 Å². The fourth-order valence-corrected chi connectivity index (χ4v) is 5.46. The van der Waals surface area contributed by atoms with Crippen molar-refractivity contribution in [1.82, 2.24) is 4.57 Å². The second-order valence-electron chi connectivity index (χ2n) is 8.35. The Morgan fingerprint density at radius 2 is 1.55 bits per heavy atom. The molecule has 40 heavy (non-hydrogen) atoms. The Morgan fingerprint density at radius 1 is 0.975 bits per heavy atom. The van der Waals surface area contributed by atoms with Crippen LogP contribution in [0.15, 0.2) is 58.9 Å². The van der Waals surface area contributed by atoms with Gasteiger partial charge >= 0.3 is 11.9 Å². The number of non-ortho nitro benzene ring substituents is 2. The number of ether oxygens (including phenoxy) is 2. The summed E-state index contributed by atoms with van der Waals surface area (Å²) in [7, 11) is 0. The largest absolute Gasteiger partial charge is 0.463 e. The Balaban J connectivity index is 2.12. The SMILES string of the molecule is CCOC(=O)C1=C(N)n2c(sc(=Cc3cccc([N+](=O)[O-])c3)c2=O)=C(C(=O)OCC)C1c1cccc([N+](=O)[O-])c1. The Hall–Kier alpha value is -5.11. The molecule has 4 rings (SSSR count). The topological polar surface area (TPSA) is 187 Å². The van der Waals surface area contributed by atoms with Crippen molar-refractivity contribution < 1.29 is 28.9 Å². The van der Waals surface area contributed by atoms with Gasteiger partial charge in [-0.2, -0.15) is 0 Å². The van der Waals surface area contributed by atoms with Gasteiger partial charge in [0.05, 0.1) is 44.7 Å². The zero-order valence-electron chi connectivity index (χ0n) is 21.2. The van der Waals surface area contributed by atoms with Gasteiger partial charge in [-0.3, -0.25) is 29.6 Å². The average Bonchev–Trinajstić information content (AvgIpc) is 3.24. The minimum atomic E-state index is -1.26. The highest BCUT2D eigenvalue weighted by Crippen LogP contribution is 2.38. The smallest absolute Gasteiger partial charge is 0.338 e. The lowest BCUT2D eigenvalue weighted by Gasteiger charge is -2.26. The summed E-state index contributed by atoms with van der Waals surface area (Å²) in [5.74, 6) is -3.38. The number of rotatable bonds is 8. The molecule has 2 N–H and O–H groups in total. The van der Waals surface area contributed by atoms with Gasteiger partial charge in [0.1, 0.15) is 10.5 Å². The lowest BCUT2D eigenvalue weighted by atomic mass is 9.83. The molecule has 0 radical (unpaired) electrons. The predicted molar refractivity (Wildman–Crippen MR) is 144 cm³/mol. The molecule has 3 aromatic rings. The van der Waals surface area contributed by atoms with Crippen LogP contribution in [0.1, 0.15) is 30.9 Å². The average molecular weight is 567 g/mol. The van der Waals surface area contributed by atoms with Crippen molar-refractivity contribution in [2.45, 2.75) is 19.8 Å². The summed E-state index contributed by atoms with van der Waals surface area (Å²) in [6.45, 7) is 3.04. The lowest BCUT2D eigenvalue weighted by molar-refractivity contribution is -0.385. The summed E-state index contributed by atoms with van der Waals surface area (Å²) in [4.78, 5) is 61.7. The van der Waals surface area contributed by atoms with Crippen molar-refractivity contribution in [3.8, 4) is 0 Å². The van der Waals surface area contributed by atoms with Crippen LogP contribution in [0, 0.1) is 20.2 Å². The first-order chi connectivity index (χ1) is 19.1. The third-order valence-electron chi connectivity index (χ3n) is 5.93. The van der Waals surface area contributed by atoms with Crippen LogP contribution in [0.25, 0.3) is 17.5 Å². The maximum atomic E-state index is 13.6. The minimum Gasteiger partial charge on any atom is -0.463 e. The minimum absolute atomic E-state index is 0.0415. The van der Waals surface area contributed by atoms with Crippen LogP contribution in [0.4, 0.5) is 11.4 Å². The summed E-state index contributed by atoms with van der Waals surface area (Å²) >= 11 is 0.860. The Kier molecular flexibility index (Phi) is 7.90. The van der Waals surface area contributed by atoms with Gasteiger partial charge in [0, 0.05) is 24.3 Å². The van der Waals surface area contributed by atoms with E-state index in [2.05, 4.69) is 0 Å². The van der Waals surface area contributed by atoms with E-state index in [1.54, 1.807) is 19.9 Å². The van der Waals surface area contributed by atoms with Crippen LogP contribution in [0.2, 0.25) is 0 Å². The Morgan fingerprint density at radius 3 is 2.15 bits per heavy atom. The molecule has 2 aromatic carbocycles. The molecule has 206 valence electrons. The summed E-state index contributed by atoms with van der Waals surface area (Å²) in [6.07, 6.45) is 1.40. The molecule has 0 spiro atoms. The monoisotopic (exact) mass is 566 g/mol. The van der Waals surface area contributed by atoms with Crippen molar-refractivity contribution >= 4 is 52.1 Å². The highest BCUT2D eigenvalue weighted by Gasteiger charge is 2.40. The lowest BCUT2D eigenvalue weighted by Crippen LogP contribution is -2.42. The molecule has 1 atom stereocenters. The molecule has 0 aliphatic carbocycles. The first-order valence-corrected chi connectivity index (χ1v) is 12.7. The molecule has 0 bridgehead atoms.